The number of anilines is 2. The molecule has 1 saturated carbocycles. The number of aromatic amines is 1. The van der Waals surface area contributed by atoms with Crippen LogP contribution in [0.4, 0.5) is 33.9 Å². The summed E-state index contributed by atoms with van der Waals surface area (Å²) in [4.78, 5) is 69.9. The summed E-state index contributed by atoms with van der Waals surface area (Å²) >= 11 is 0. The van der Waals surface area contributed by atoms with E-state index in [1.165, 1.54) is 31.5 Å². The molecule has 3 aliphatic rings. The number of carbonyl (C=O) groups excluding carboxylic acids is 4. The van der Waals surface area contributed by atoms with Crippen molar-refractivity contribution in [2.45, 2.75) is 91.3 Å². The zero-order chi connectivity index (χ0) is 45.5. The van der Waals surface area contributed by atoms with Crippen LogP contribution in [0, 0.1) is 23.1 Å². The number of alkyl carbamates (subject to hydrolysis) is 1. The number of halogens is 4. The van der Waals surface area contributed by atoms with E-state index in [0.717, 1.165) is 25.0 Å². The van der Waals surface area contributed by atoms with Gasteiger partial charge in [0.1, 0.15) is 29.3 Å². The van der Waals surface area contributed by atoms with Gasteiger partial charge in [-0.2, -0.15) is 0 Å². The molecule has 5 atom stereocenters. The molecular weight excluding hydrogens is 825 g/mol. The number of imidazole rings is 1. The number of H-pyrrole nitrogens is 1. The van der Waals surface area contributed by atoms with Crippen LogP contribution in [0.15, 0.2) is 60.9 Å². The number of carbonyl (C=O) groups is 4. The molecule has 336 valence electrons. The van der Waals surface area contributed by atoms with Crippen molar-refractivity contribution in [3.63, 3.8) is 0 Å². The van der Waals surface area contributed by atoms with E-state index < -0.39 is 41.7 Å². The summed E-state index contributed by atoms with van der Waals surface area (Å²) in [5.74, 6) is -1.70. The maximum atomic E-state index is 15.7. The molecule has 0 radical (unpaired) electrons. The van der Waals surface area contributed by atoms with E-state index in [1.807, 2.05) is 32.6 Å². The number of ether oxygens (including phenoxy) is 2. The Morgan fingerprint density at radius 2 is 1.63 bits per heavy atom. The second-order valence-electron chi connectivity index (χ2n) is 17.6. The predicted octanol–water partition coefficient (Wildman–Crippen LogP) is 7.94. The van der Waals surface area contributed by atoms with Gasteiger partial charge in [-0.15, -0.1) is 13.2 Å². The molecule has 4 heterocycles. The average Bonchev–Trinajstić information content (AvgIpc) is 3.58. The second-order valence-corrected chi connectivity index (χ2v) is 17.6. The average molecular weight is 877 g/mol. The maximum Gasteiger partial charge on any atom is 0.573 e. The Balaban J connectivity index is 1.04. The molecule has 63 heavy (non-hydrogen) atoms. The summed E-state index contributed by atoms with van der Waals surface area (Å²) in [6, 6.07) is 9.74. The molecule has 4 amide bonds. The number of nitrogens with zero attached hydrogens (tertiary/aromatic N) is 5. The molecular formula is C45H52F4N8O6. The van der Waals surface area contributed by atoms with Gasteiger partial charge in [-0.1, -0.05) is 52.0 Å². The van der Waals surface area contributed by atoms with Crippen molar-refractivity contribution in [3.05, 3.63) is 78.1 Å². The van der Waals surface area contributed by atoms with Crippen LogP contribution in [0.5, 0.6) is 5.75 Å². The van der Waals surface area contributed by atoms with E-state index in [1.54, 1.807) is 29.3 Å². The maximum absolute atomic E-state index is 15.7. The van der Waals surface area contributed by atoms with Crippen LogP contribution in [0.1, 0.15) is 83.0 Å². The van der Waals surface area contributed by atoms with Gasteiger partial charge in [0.15, 0.2) is 0 Å². The number of likely N-dealkylation sites (tertiary alicyclic amines) is 1. The molecule has 2 aliphatic heterocycles. The number of methoxy groups -OCH3 is 1. The lowest BCUT2D eigenvalue weighted by atomic mass is 10.0. The highest BCUT2D eigenvalue weighted by atomic mass is 19.4. The van der Waals surface area contributed by atoms with E-state index in [0.29, 0.717) is 49.0 Å². The molecule has 18 heteroatoms. The van der Waals surface area contributed by atoms with Gasteiger partial charge in [-0.3, -0.25) is 14.4 Å². The van der Waals surface area contributed by atoms with Crippen molar-refractivity contribution in [2.75, 3.05) is 37.0 Å². The summed E-state index contributed by atoms with van der Waals surface area (Å²) < 4.78 is 65.9. The first-order valence-electron chi connectivity index (χ1n) is 21.0. The van der Waals surface area contributed by atoms with Crippen LogP contribution in [0.2, 0.25) is 0 Å². The molecule has 0 bridgehead atoms. The quantitative estimate of drug-likeness (QED) is 0.127. The van der Waals surface area contributed by atoms with Crippen molar-refractivity contribution >= 4 is 35.3 Å². The molecule has 2 saturated heterocycles. The van der Waals surface area contributed by atoms with Crippen LogP contribution in [0.3, 0.4) is 0 Å². The van der Waals surface area contributed by atoms with E-state index >= 15 is 4.39 Å². The molecule has 5 unspecified atom stereocenters. The van der Waals surface area contributed by atoms with E-state index in [-0.39, 0.29) is 63.9 Å². The van der Waals surface area contributed by atoms with Crippen molar-refractivity contribution in [1.29, 1.82) is 0 Å². The van der Waals surface area contributed by atoms with Gasteiger partial charge in [0.2, 0.25) is 11.8 Å². The molecule has 2 aromatic heterocycles. The Morgan fingerprint density at radius 3 is 2.25 bits per heavy atom. The number of nitrogens with one attached hydrogen (secondary N) is 3. The van der Waals surface area contributed by atoms with Gasteiger partial charge in [-0.25, -0.2) is 19.2 Å². The van der Waals surface area contributed by atoms with Gasteiger partial charge in [0.25, 0.3) is 5.91 Å². The molecule has 7 rings (SSSR count). The van der Waals surface area contributed by atoms with Crippen molar-refractivity contribution < 1.29 is 46.2 Å². The molecule has 2 aromatic carbocycles. The molecule has 0 spiro atoms. The monoisotopic (exact) mass is 876 g/mol. The van der Waals surface area contributed by atoms with Crippen LogP contribution in [0.25, 0.3) is 22.4 Å². The van der Waals surface area contributed by atoms with Crippen LogP contribution < -0.4 is 20.3 Å². The van der Waals surface area contributed by atoms with Gasteiger partial charge in [-0.05, 0) is 73.8 Å². The number of pyridine rings is 1. The Bertz CT molecular complexity index is 2350. The highest BCUT2D eigenvalue weighted by molar-refractivity contribution is 6.04. The van der Waals surface area contributed by atoms with Crippen LogP contribution >= 0.6 is 0 Å². The van der Waals surface area contributed by atoms with Gasteiger partial charge < -0.3 is 39.8 Å². The fourth-order valence-electron chi connectivity index (χ4n) is 8.49. The number of aromatic nitrogens is 3. The minimum atomic E-state index is -5.14. The molecule has 1 aliphatic carbocycles. The number of hydrogen-bond acceptors (Lipinski definition) is 9. The fourth-order valence-corrected chi connectivity index (χ4v) is 8.49. The lowest BCUT2D eigenvalue weighted by molar-refractivity contribution is -0.274. The molecule has 3 N–H and O–H groups in total. The third-order valence-corrected chi connectivity index (χ3v) is 12.3. The Kier molecular flexibility index (Phi) is 12.5. The van der Waals surface area contributed by atoms with Gasteiger partial charge in [0.05, 0.1) is 36.3 Å². The Hall–Kier alpha value is -6.20. The lowest BCUT2D eigenvalue weighted by Crippen LogP contribution is -2.59. The number of amides is 4. The predicted molar refractivity (Wildman–Crippen MR) is 226 cm³/mol. The van der Waals surface area contributed by atoms with Gasteiger partial charge in [0, 0.05) is 55.5 Å². The zero-order valence-corrected chi connectivity index (χ0v) is 36.2. The molecule has 4 aromatic rings. The van der Waals surface area contributed by atoms with Crippen LogP contribution in [-0.2, 0) is 14.3 Å². The fraction of sp³-hybridized carbons (Fsp3) is 0.467. The summed E-state index contributed by atoms with van der Waals surface area (Å²) in [5.41, 5.74) is 0.705. The number of benzene rings is 2. The van der Waals surface area contributed by atoms with E-state index in [2.05, 4.69) is 49.1 Å². The van der Waals surface area contributed by atoms with Crippen LogP contribution in [-0.4, -0.2) is 99.8 Å². The number of rotatable bonds is 11. The summed E-state index contributed by atoms with van der Waals surface area (Å²) in [6.45, 7) is 13.3. The highest BCUT2D eigenvalue weighted by Gasteiger charge is 2.53. The SMILES string of the molecule is COC(=O)NC(C(=O)N1CCCC1c1ncc(-c2ccc(-c3cc(F)c(NC(=O)c4ccc(N5CC(C)N(C(=O)C6CC6(C)C)CC5C)nc4)cc3OC(F)(F)F)cc2)[nH]1)C(C)C. The second kappa shape index (κ2) is 17.5. The topological polar surface area (TPSA) is 162 Å². The minimum Gasteiger partial charge on any atom is -0.453 e. The number of hydrogen-bond donors (Lipinski definition) is 3. The van der Waals surface area contributed by atoms with Crippen molar-refractivity contribution in [1.82, 2.24) is 30.1 Å². The summed E-state index contributed by atoms with van der Waals surface area (Å²) in [7, 11) is 1.23. The standard InChI is InChI=1S/C45H52F4N8O6/c1-24(2)38(54-43(61)62-7)42(60)55-16-8-9-35(55)39-51-21-34(52-39)28-12-10-27(11-13-28)30-17-32(46)33(18-36(30)63-45(47,48)49)53-40(58)29-14-15-37(50-20-29)56-22-26(4)57(23-25(56)3)41(59)31-19-44(31,5)6/h10-15,17-18,20-21,24-26,31,35,38H,8-9,16,19,22-23H2,1-7H3,(H,51,52)(H,53,58)(H,54,61). The van der Waals surface area contributed by atoms with E-state index in [9.17, 15) is 32.3 Å². The van der Waals surface area contributed by atoms with Gasteiger partial charge >= 0.3 is 12.5 Å². The lowest BCUT2D eigenvalue weighted by Gasteiger charge is -2.45. The third-order valence-electron chi connectivity index (χ3n) is 12.3. The van der Waals surface area contributed by atoms with E-state index in [4.69, 9.17) is 4.74 Å². The Labute approximate surface area is 362 Å². The summed E-state index contributed by atoms with van der Waals surface area (Å²) in [5, 5.41) is 4.97. The first-order valence-corrected chi connectivity index (χ1v) is 21.0. The smallest absolute Gasteiger partial charge is 0.453 e. The first kappa shape index (κ1) is 44.8. The number of alkyl halides is 3. The largest absolute Gasteiger partial charge is 0.573 e. The Morgan fingerprint density at radius 1 is 0.937 bits per heavy atom. The summed E-state index contributed by atoms with van der Waals surface area (Å²) in [6.07, 6.45) is -0.725. The molecule has 14 nitrogen and oxygen atoms in total. The van der Waals surface area contributed by atoms with Crippen molar-refractivity contribution in [3.8, 4) is 28.1 Å². The van der Waals surface area contributed by atoms with Crippen molar-refractivity contribution in [2.24, 2.45) is 17.3 Å². The third kappa shape index (κ3) is 9.74. The zero-order valence-electron chi connectivity index (χ0n) is 36.2. The molecule has 3 fully saturated rings. The highest BCUT2D eigenvalue weighted by Crippen LogP contribution is 2.53. The minimum absolute atomic E-state index is 0.0198. The number of piperazine rings is 1. The normalized spacial score (nSPS) is 21.2. The first-order chi connectivity index (χ1) is 29.7.